The van der Waals surface area contributed by atoms with E-state index in [4.69, 9.17) is 11.6 Å². The Kier molecular flexibility index (Phi) is 3.70. The predicted octanol–water partition coefficient (Wildman–Crippen LogP) is 4.45. The Bertz CT molecular complexity index is 539. The molecule has 2 aliphatic rings. The Morgan fingerprint density at radius 1 is 1.35 bits per heavy atom. The van der Waals surface area contributed by atoms with Crippen LogP contribution in [-0.4, -0.2) is 23.0 Å². The monoisotopic (exact) mass is 290 g/mol. The molecule has 2 unspecified atom stereocenters. The van der Waals surface area contributed by atoms with Crippen LogP contribution in [0.5, 0.6) is 0 Å². The number of hydrogen-bond acceptors (Lipinski definition) is 1. The van der Waals surface area contributed by atoms with Gasteiger partial charge in [0.25, 0.3) is 0 Å². The molecule has 20 heavy (non-hydrogen) atoms. The number of rotatable bonds is 1. The van der Waals surface area contributed by atoms with Gasteiger partial charge in [-0.15, -0.1) is 0 Å². The van der Waals surface area contributed by atoms with Gasteiger partial charge in [-0.25, -0.2) is 4.79 Å². The van der Waals surface area contributed by atoms with E-state index in [-0.39, 0.29) is 6.03 Å². The molecule has 4 heteroatoms. The van der Waals surface area contributed by atoms with E-state index in [1.54, 1.807) is 12.1 Å². The van der Waals surface area contributed by atoms with Gasteiger partial charge >= 0.3 is 6.03 Å². The van der Waals surface area contributed by atoms with Crippen molar-refractivity contribution in [2.75, 3.05) is 5.32 Å². The molecule has 0 aromatic heterocycles. The maximum Gasteiger partial charge on any atom is 0.322 e. The first-order chi connectivity index (χ1) is 9.67. The van der Waals surface area contributed by atoms with E-state index in [1.807, 2.05) is 17.0 Å². The average Bonchev–Trinajstić information content (AvgIpc) is 2.69. The molecular formula is C16H19ClN2O. The molecule has 3 rings (SSSR count). The third kappa shape index (κ3) is 2.55. The number of urea groups is 1. The first-order valence-electron chi connectivity index (χ1n) is 7.16. The number of piperidine rings is 1. The molecule has 1 aromatic carbocycles. The van der Waals surface area contributed by atoms with Gasteiger partial charge in [0.2, 0.25) is 0 Å². The number of carbonyl (C=O) groups is 1. The lowest BCUT2D eigenvalue weighted by atomic mass is 9.97. The Morgan fingerprint density at radius 2 is 2.05 bits per heavy atom. The molecule has 2 aliphatic heterocycles. The highest BCUT2D eigenvalue weighted by Crippen LogP contribution is 2.38. The summed E-state index contributed by atoms with van der Waals surface area (Å²) in [6.45, 7) is 2.09. The normalized spacial score (nSPS) is 24.7. The first-order valence-corrected chi connectivity index (χ1v) is 7.54. The van der Waals surface area contributed by atoms with Gasteiger partial charge in [-0.2, -0.15) is 0 Å². The van der Waals surface area contributed by atoms with Gasteiger partial charge in [-0.3, -0.25) is 0 Å². The van der Waals surface area contributed by atoms with Crippen LogP contribution in [0.15, 0.2) is 35.9 Å². The molecule has 2 fully saturated rings. The summed E-state index contributed by atoms with van der Waals surface area (Å²) >= 11 is 5.95. The topological polar surface area (TPSA) is 32.3 Å². The van der Waals surface area contributed by atoms with Gasteiger partial charge < -0.3 is 10.2 Å². The molecule has 2 amide bonds. The first kappa shape index (κ1) is 13.5. The van der Waals surface area contributed by atoms with Gasteiger partial charge in [-0.1, -0.05) is 29.3 Å². The number of hydrogen-bond donors (Lipinski definition) is 1. The molecule has 3 nitrogen and oxygen atoms in total. The van der Waals surface area contributed by atoms with Gasteiger partial charge in [-0.05, 0) is 50.8 Å². The summed E-state index contributed by atoms with van der Waals surface area (Å²) in [5.41, 5.74) is 2.25. The minimum absolute atomic E-state index is 0.00918. The number of benzene rings is 1. The van der Waals surface area contributed by atoms with Crippen LogP contribution in [0.1, 0.15) is 32.6 Å². The van der Waals surface area contributed by atoms with Crippen molar-refractivity contribution in [2.24, 2.45) is 0 Å². The van der Waals surface area contributed by atoms with Crippen LogP contribution in [0, 0.1) is 0 Å². The highest BCUT2D eigenvalue weighted by atomic mass is 35.5. The number of anilines is 1. The SMILES string of the molecule is CC=C1CC2CCC(C1)N2C(=O)Nc1cccc(Cl)c1. The summed E-state index contributed by atoms with van der Waals surface area (Å²) in [6.07, 6.45) is 6.49. The van der Waals surface area contributed by atoms with E-state index in [9.17, 15) is 4.79 Å². The van der Waals surface area contributed by atoms with Crippen LogP contribution in [0.3, 0.4) is 0 Å². The fourth-order valence-electron chi connectivity index (χ4n) is 3.37. The number of carbonyl (C=O) groups excluding carboxylic acids is 1. The van der Waals surface area contributed by atoms with Gasteiger partial charge in [0.05, 0.1) is 0 Å². The molecule has 2 bridgehead atoms. The van der Waals surface area contributed by atoms with E-state index in [1.165, 1.54) is 5.57 Å². The highest BCUT2D eigenvalue weighted by molar-refractivity contribution is 6.30. The molecular weight excluding hydrogens is 272 g/mol. The van der Waals surface area contributed by atoms with Crippen LogP contribution < -0.4 is 5.32 Å². The third-order valence-electron chi connectivity index (χ3n) is 4.33. The van der Waals surface area contributed by atoms with Crippen LogP contribution in [0.2, 0.25) is 5.02 Å². The quantitative estimate of drug-likeness (QED) is 0.762. The third-order valence-corrected chi connectivity index (χ3v) is 4.57. The van der Waals surface area contributed by atoms with Crippen molar-refractivity contribution in [3.63, 3.8) is 0 Å². The standard InChI is InChI=1S/C16H19ClN2O/c1-2-11-8-14-6-7-15(9-11)19(14)16(20)18-13-5-3-4-12(17)10-13/h2-5,10,14-15H,6-9H2,1H3,(H,18,20). The molecule has 2 saturated heterocycles. The Morgan fingerprint density at radius 3 is 2.65 bits per heavy atom. The van der Waals surface area contributed by atoms with Gasteiger partial charge in [0, 0.05) is 22.8 Å². The van der Waals surface area contributed by atoms with Crippen LogP contribution in [0.4, 0.5) is 10.5 Å². The second-order valence-electron chi connectivity index (χ2n) is 5.59. The van der Waals surface area contributed by atoms with Crippen LogP contribution >= 0.6 is 11.6 Å². The molecule has 0 aliphatic carbocycles. The Hall–Kier alpha value is -1.48. The summed E-state index contributed by atoms with van der Waals surface area (Å²) in [7, 11) is 0. The summed E-state index contributed by atoms with van der Waals surface area (Å²) in [5, 5.41) is 3.61. The number of halogens is 1. The van der Waals surface area contributed by atoms with Crippen LogP contribution in [-0.2, 0) is 0 Å². The van der Waals surface area contributed by atoms with Crippen molar-refractivity contribution in [3.8, 4) is 0 Å². The second kappa shape index (κ2) is 5.49. The second-order valence-corrected chi connectivity index (χ2v) is 6.02. The molecule has 0 radical (unpaired) electrons. The van der Waals surface area contributed by atoms with E-state index in [0.717, 1.165) is 31.4 Å². The predicted molar refractivity (Wildman–Crippen MR) is 82.1 cm³/mol. The number of amides is 2. The number of fused-ring (bicyclic) bond motifs is 2. The maximum absolute atomic E-state index is 12.5. The lowest BCUT2D eigenvalue weighted by Gasteiger charge is -2.36. The summed E-state index contributed by atoms with van der Waals surface area (Å²) in [6, 6.07) is 8.03. The molecule has 0 saturated carbocycles. The fourth-order valence-corrected chi connectivity index (χ4v) is 3.56. The van der Waals surface area contributed by atoms with Crippen molar-refractivity contribution >= 4 is 23.3 Å². The van der Waals surface area contributed by atoms with E-state index in [0.29, 0.717) is 17.1 Å². The summed E-state index contributed by atoms with van der Waals surface area (Å²) in [5.74, 6) is 0. The molecule has 2 heterocycles. The maximum atomic E-state index is 12.5. The van der Waals surface area contributed by atoms with E-state index < -0.39 is 0 Å². The average molecular weight is 291 g/mol. The zero-order valence-corrected chi connectivity index (χ0v) is 12.4. The van der Waals surface area contributed by atoms with Crippen molar-refractivity contribution < 1.29 is 4.79 Å². The Labute approximate surface area is 124 Å². The number of nitrogens with one attached hydrogen (secondary N) is 1. The highest BCUT2D eigenvalue weighted by Gasteiger charge is 2.41. The number of allylic oxidation sites excluding steroid dienone is 1. The largest absolute Gasteiger partial charge is 0.322 e. The van der Waals surface area contributed by atoms with E-state index in [2.05, 4.69) is 18.3 Å². The van der Waals surface area contributed by atoms with Crippen molar-refractivity contribution in [2.45, 2.75) is 44.7 Å². The van der Waals surface area contributed by atoms with Gasteiger partial charge in [0.1, 0.15) is 0 Å². The smallest absolute Gasteiger partial charge is 0.318 e. The van der Waals surface area contributed by atoms with Crippen molar-refractivity contribution in [3.05, 3.63) is 40.9 Å². The van der Waals surface area contributed by atoms with Crippen LogP contribution in [0.25, 0.3) is 0 Å². The summed E-state index contributed by atoms with van der Waals surface area (Å²) in [4.78, 5) is 14.5. The molecule has 1 aromatic rings. The minimum Gasteiger partial charge on any atom is -0.318 e. The molecule has 0 spiro atoms. The lowest BCUT2D eigenvalue weighted by Crippen LogP contribution is -2.46. The van der Waals surface area contributed by atoms with Crippen molar-refractivity contribution in [1.82, 2.24) is 4.90 Å². The molecule has 1 N–H and O–H groups in total. The zero-order valence-electron chi connectivity index (χ0n) is 11.6. The molecule has 106 valence electrons. The van der Waals surface area contributed by atoms with E-state index >= 15 is 0 Å². The zero-order chi connectivity index (χ0) is 14.1. The lowest BCUT2D eigenvalue weighted by molar-refractivity contribution is 0.174. The summed E-state index contributed by atoms with van der Waals surface area (Å²) < 4.78 is 0. The number of nitrogens with zero attached hydrogens (tertiary/aromatic N) is 1. The Balaban J connectivity index is 1.72. The molecule has 2 atom stereocenters. The van der Waals surface area contributed by atoms with Gasteiger partial charge in [0.15, 0.2) is 0 Å². The van der Waals surface area contributed by atoms with Crippen molar-refractivity contribution in [1.29, 1.82) is 0 Å². The fraction of sp³-hybridized carbons (Fsp3) is 0.438. The minimum atomic E-state index is 0.00918.